The van der Waals surface area contributed by atoms with Crippen molar-refractivity contribution in [2.75, 3.05) is 26.9 Å². The fraction of sp³-hybridized carbons (Fsp3) is 0.867. The lowest BCUT2D eigenvalue weighted by molar-refractivity contribution is -0.143. The van der Waals surface area contributed by atoms with Crippen LogP contribution in [0.1, 0.15) is 52.4 Å². The van der Waals surface area contributed by atoms with Gasteiger partial charge in [-0.05, 0) is 25.7 Å². The first-order chi connectivity index (χ1) is 11.9. The van der Waals surface area contributed by atoms with E-state index in [4.69, 9.17) is 25.3 Å². The van der Waals surface area contributed by atoms with Crippen LogP contribution in [-0.2, 0) is 23.1 Å². The highest BCUT2D eigenvalue weighted by atomic mass is 31.2. The number of esters is 1. The van der Waals surface area contributed by atoms with E-state index in [1.165, 1.54) is 7.11 Å². The van der Waals surface area contributed by atoms with Gasteiger partial charge in [-0.25, -0.2) is 9.65 Å². The Kier molecular flexibility index (Phi) is 13.4. The molecule has 0 aromatic carbocycles. The van der Waals surface area contributed by atoms with Gasteiger partial charge in [0.25, 0.3) is 0 Å². The molecule has 0 aliphatic rings. The standard InChI is InChI=1S/C15H33N4O5P/c1-4-6-11-23-25(21,24-12-7-5-2)19-13(14(20)22-3)9-8-10-18-15(16)17/h13H,4-12H2,1-3H3,(H,19,21)(H4,16,17,18)/t13-/m0/s1. The Morgan fingerprint density at radius 2 is 1.68 bits per heavy atom. The van der Waals surface area contributed by atoms with E-state index in [9.17, 15) is 9.36 Å². The molecule has 0 spiro atoms. The van der Waals surface area contributed by atoms with Crippen LogP contribution in [0, 0.1) is 0 Å². The topological polar surface area (TPSA) is 138 Å². The third-order valence-corrected chi connectivity index (χ3v) is 4.94. The maximum Gasteiger partial charge on any atom is 0.406 e. The first kappa shape index (κ1) is 23.9. The minimum absolute atomic E-state index is 0.0148. The number of hydrogen-bond donors (Lipinski definition) is 3. The van der Waals surface area contributed by atoms with Crippen LogP contribution in [0.15, 0.2) is 4.99 Å². The van der Waals surface area contributed by atoms with Crippen LogP contribution < -0.4 is 16.6 Å². The van der Waals surface area contributed by atoms with Gasteiger partial charge < -0.3 is 16.2 Å². The van der Waals surface area contributed by atoms with Crippen LogP contribution in [0.25, 0.3) is 0 Å². The lowest BCUT2D eigenvalue weighted by Crippen LogP contribution is -2.37. The van der Waals surface area contributed by atoms with Crippen LogP contribution >= 0.6 is 7.75 Å². The normalized spacial score (nSPS) is 12.6. The van der Waals surface area contributed by atoms with Crippen LogP contribution in [-0.4, -0.2) is 44.8 Å². The molecule has 0 saturated heterocycles. The minimum Gasteiger partial charge on any atom is -0.468 e. The number of aliphatic imine (C=N–C) groups is 1. The van der Waals surface area contributed by atoms with E-state index in [0.29, 0.717) is 19.4 Å². The average Bonchev–Trinajstić information content (AvgIpc) is 2.57. The molecule has 0 bridgehead atoms. The molecule has 1 atom stereocenters. The molecular weight excluding hydrogens is 347 g/mol. The average molecular weight is 380 g/mol. The van der Waals surface area contributed by atoms with E-state index in [1.807, 2.05) is 13.8 Å². The van der Waals surface area contributed by atoms with Crippen molar-refractivity contribution in [1.82, 2.24) is 5.09 Å². The third kappa shape index (κ3) is 11.9. The maximum absolute atomic E-state index is 12.9. The first-order valence-corrected chi connectivity index (χ1v) is 10.2. The molecule has 9 nitrogen and oxygen atoms in total. The molecule has 0 saturated carbocycles. The Bertz CT molecular complexity index is 430. The molecule has 148 valence electrons. The summed E-state index contributed by atoms with van der Waals surface area (Å²) in [6.07, 6.45) is 4.13. The summed E-state index contributed by atoms with van der Waals surface area (Å²) in [6.45, 7) is 4.93. The molecule has 0 aromatic rings. The van der Waals surface area contributed by atoms with Gasteiger partial charge in [-0.3, -0.25) is 18.8 Å². The van der Waals surface area contributed by atoms with Crippen molar-refractivity contribution in [1.29, 1.82) is 0 Å². The van der Waals surface area contributed by atoms with Crippen LogP contribution in [0.3, 0.4) is 0 Å². The van der Waals surface area contributed by atoms with E-state index >= 15 is 0 Å². The van der Waals surface area contributed by atoms with Crippen molar-refractivity contribution in [2.24, 2.45) is 16.5 Å². The largest absolute Gasteiger partial charge is 0.468 e. The maximum atomic E-state index is 12.9. The van der Waals surface area contributed by atoms with Gasteiger partial charge in [0.05, 0.1) is 20.3 Å². The Hall–Kier alpha value is -1.15. The summed E-state index contributed by atoms with van der Waals surface area (Å²) in [5, 5.41) is 2.71. The Morgan fingerprint density at radius 1 is 1.12 bits per heavy atom. The number of carbonyl (C=O) groups excluding carboxylic acids is 1. The Balaban J connectivity index is 4.86. The van der Waals surface area contributed by atoms with Crippen LogP contribution in [0.4, 0.5) is 0 Å². The summed E-state index contributed by atoms with van der Waals surface area (Å²) >= 11 is 0. The fourth-order valence-electron chi connectivity index (χ4n) is 1.84. The first-order valence-electron chi connectivity index (χ1n) is 8.68. The molecule has 0 heterocycles. The molecule has 25 heavy (non-hydrogen) atoms. The molecule has 5 N–H and O–H groups in total. The van der Waals surface area contributed by atoms with Gasteiger partial charge in [0.2, 0.25) is 0 Å². The zero-order valence-electron chi connectivity index (χ0n) is 15.5. The van der Waals surface area contributed by atoms with Crippen molar-refractivity contribution < 1.29 is 23.1 Å². The van der Waals surface area contributed by atoms with Crippen molar-refractivity contribution in [3.8, 4) is 0 Å². The van der Waals surface area contributed by atoms with Gasteiger partial charge in [-0.2, -0.15) is 0 Å². The number of carbonyl (C=O) groups is 1. The molecule has 0 radical (unpaired) electrons. The van der Waals surface area contributed by atoms with E-state index < -0.39 is 19.8 Å². The number of methoxy groups -OCH3 is 1. The summed E-state index contributed by atoms with van der Waals surface area (Å²) in [6, 6.07) is -0.826. The summed E-state index contributed by atoms with van der Waals surface area (Å²) in [7, 11) is -2.33. The highest BCUT2D eigenvalue weighted by Gasteiger charge is 2.32. The molecule has 0 rings (SSSR count). The van der Waals surface area contributed by atoms with Crippen LogP contribution in [0.2, 0.25) is 0 Å². The van der Waals surface area contributed by atoms with Gasteiger partial charge >= 0.3 is 13.7 Å². The van der Waals surface area contributed by atoms with E-state index in [2.05, 4.69) is 10.1 Å². The lowest BCUT2D eigenvalue weighted by atomic mass is 10.2. The molecule has 10 heteroatoms. The monoisotopic (exact) mass is 380 g/mol. The highest BCUT2D eigenvalue weighted by molar-refractivity contribution is 7.51. The number of nitrogens with one attached hydrogen (secondary N) is 1. The predicted octanol–water partition coefficient (Wildman–Crippen LogP) is 1.91. The Morgan fingerprint density at radius 3 is 2.12 bits per heavy atom. The quantitative estimate of drug-likeness (QED) is 0.129. The summed E-state index contributed by atoms with van der Waals surface area (Å²) in [5.74, 6) is -0.554. The lowest BCUT2D eigenvalue weighted by Gasteiger charge is -2.24. The molecule has 0 aliphatic heterocycles. The minimum atomic E-state index is -3.61. The number of hydrogen-bond acceptors (Lipinski definition) is 6. The van der Waals surface area contributed by atoms with Crippen molar-refractivity contribution in [3.63, 3.8) is 0 Å². The number of rotatable bonds is 15. The molecule has 0 aliphatic carbocycles. The van der Waals surface area contributed by atoms with Crippen molar-refractivity contribution in [3.05, 3.63) is 0 Å². The predicted molar refractivity (Wildman–Crippen MR) is 98.2 cm³/mol. The number of nitrogens with two attached hydrogens (primary N) is 2. The summed E-state index contributed by atoms with van der Waals surface area (Å²) < 4.78 is 28.5. The third-order valence-electron chi connectivity index (χ3n) is 3.26. The van der Waals surface area contributed by atoms with Crippen molar-refractivity contribution in [2.45, 2.75) is 58.4 Å². The SMILES string of the molecule is CCCCOP(=O)(N[C@@H](CCCN=C(N)N)C(=O)OC)OCCCC. The fourth-order valence-corrected chi connectivity index (χ4v) is 3.42. The van der Waals surface area contributed by atoms with Gasteiger partial charge in [-0.15, -0.1) is 0 Å². The number of guanidine groups is 1. The molecular formula is C15H33N4O5P. The molecule has 0 amide bonds. The van der Waals surface area contributed by atoms with Crippen LogP contribution in [0.5, 0.6) is 0 Å². The second-order valence-corrected chi connectivity index (χ2v) is 7.29. The van der Waals surface area contributed by atoms with Gasteiger partial charge in [-0.1, -0.05) is 26.7 Å². The zero-order chi connectivity index (χ0) is 19.1. The number of nitrogens with zero attached hydrogens (tertiary/aromatic N) is 1. The van der Waals surface area contributed by atoms with E-state index in [-0.39, 0.29) is 19.2 Å². The highest BCUT2D eigenvalue weighted by Crippen LogP contribution is 2.45. The number of unbranched alkanes of at least 4 members (excludes halogenated alkanes) is 2. The Labute approximate surface area is 150 Å². The molecule has 0 aromatic heterocycles. The van der Waals surface area contributed by atoms with Gasteiger partial charge in [0.15, 0.2) is 5.96 Å². The van der Waals surface area contributed by atoms with Gasteiger partial charge in [0, 0.05) is 6.54 Å². The molecule has 0 fully saturated rings. The summed E-state index contributed by atoms with van der Waals surface area (Å²) in [4.78, 5) is 15.8. The second kappa shape index (κ2) is 14.1. The summed E-state index contributed by atoms with van der Waals surface area (Å²) in [5.41, 5.74) is 10.5. The van der Waals surface area contributed by atoms with Crippen molar-refractivity contribution >= 4 is 19.7 Å². The van der Waals surface area contributed by atoms with E-state index in [0.717, 1.165) is 25.7 Å². The second-order valence-electron chi connectivity index (χ2n) is 5.52. The smallest absolute Gasteiger partial charge is 0.406 e. The molecule has 0 unspecified atom stereocenters. The van der Waals surface area contributed by atoms with E-state index in [1.54, 1.807) is 0 Å². The zero-order valence-corrected chi connectivity index (χ0v) is 16.4. The van der Waals surface area contributed by atoms with Gasteiger partial charge in [0.1, 0.15) is 6.04 Å². The number of ether oxygens (including phenoxy) is 1.